The molecule has 0 radical (unpaired) electrons. The molecule has 0 aromatic heterocycles. The summed E-state index contributed by atoms with van der Waals surface area (Å²) < 4.78 is 54.5. The first-order valence-corrected chi connectivity index (χ1v) is 6.47. The largest absolute Gasteiger partial charge is 0.435 e. The Bertz CT molecular complexity index is 678. The van der Waals surface area contributed by atoms with Gasteiger partial charge < -0.3 is 15.4 Å². The minimum Gasteiger partial charge on any atom is -0.435 e. The monoisotopic (exact) mass is 328 g/mol. The summed E-state index contributed by atoms with van der Waals surface area (Å²) in [7, 11) is 0. The molecule has 0 bridgehead atoms. The lowest BCUT2D eigenvalue weighted by Crippen LogP contribution is -2.28. The summed E-state index contributed by atoms with van der Waals surface area (Å²) in [6, 6.07) is 7.57. The second-order valence-corrected chi connectivity index (χ2v) is 4.45. The van der Waals surface area contributed by atoms with Gasteiger partial charge in [0.15, 0.2) is 0 Å². The molecule has 0 unspecified atom stereocenters. The quantitative estimate of drug-likeness (QED) is 0.818. The minimum atomic E-state index is -2.91. The van der Waals surface area contributed by atoms with E-state index in [1.54, 1.807) is 0 Å². The van der Waals surface area contributed by atoms with Gasteiger partial charge in [-0.25, -0.2) is 13.6 Å². The van der Waals surface area contributed by atoms with E-state index < -0.39 is 24.3 Å². The normalized spacial score (nSPS) is 10.5. The number of halogens is 4. The molecular formula is C15H12F4N2O2. The van der Waals surface area contributed by atoms with Gasteiger partial charge in [-0.15, -0.1) is 0 Å². The number of anilines is 1. The lowest BCUT2D eigenvalue weighted by Gasteiger charge is -2.09. The van der Waals surface area contributed by atoms with Crippen LogP contribution in [0.4, 0.5) is 28.0 Å². The Hall–Kier alpha value is -2.77. The fraction of sp³-hybridized carbons (Fsp3) is 0.133. The molecule has 0 saturated carbocycles. The third-order valence-corrected chi connectivity index (χ3v) is 2.78. The van der Waals surface area contributed by atoms with Crippen LogP contribution in [-0.2, 0) is 6.54 Å². The second kappa shape index (κ2) is 7.48. The summed E-state index contributed by atoms with van der Waals surface area (Å²) in [5.41, 5.74) is 0.324. The summed E-state index contributed by atoms with van der Waals surface area (Å²) in [6.45, 7) is -2.84. The molecule has 0 spiro atoms. The smallest absolute Gasteiger partial charge is 0.387 e. The molecule has 0 atom stereocenters. The molecule has 4 nitrogen and oxygen atoms in total. The molecule has 122 valence electrons. The molecule has 0 fully saturated rings. The van der Waals surface area contributed by atoms with Crippen molar-refractivity contribution in [2.75, 3.05) is 5.32 Å². The first kappa shape index (κ1) is 16.6. The predicted octanol–water partition coefficient (Wildman–Crippen LogP) is 3.89. The molecule has 2 aromatic carbocycles. The van der Waals surface area contributed by atoms with E-state index in [0.29, 0.717) is 5.56 Å². The fourth-order valence-electron chi connectivity index (χ4n) is 1.73. The van der Waals surface area contributed by atoms with Gasteiger partial charge in [0, 0.05) is 12.6 Å². The Balaban J connectivity index is 1.88. The molecule has 2 amide bonds. The fourth-order valence-corrected chi connectivity index (χ4v) is 1.73. The topological polar surface area (TPSA) is 50.4 Å². The Morgan fingerprint density at radius 3 is 2.43 bits per heavy atom. The highest BCUT2D eigenvalue weighted by atomic mass is 19.3. The van der Waals surface area contributed by atoms with Crippen molar-refractivity contribution in [2.24, 2.45) is 0 Å². The van der Waals surface area contributed by atoms with Crippen LogP contribution in [0.5, 0.6) is 5.75 Å². The average Bonchev–Trinajstić information content (AvgIpc) is 2.50. The van der Waals surface area contributed by atoms with Crippen LogP contribution in [0.2, 0.25) is 0 Å². The number of hydrogen-bond acceptors (Lipinski definition) is 2. The molecule has 23 heavy (non-hydrogen) atoms. The van der Waals surface area contributed by atoms with Crippen LogP contribution in [-0.4, -0.2) is 12.6 Å². The maximum Gasteiger partial charge on any atom is 0.387 e. The summed E-state index contributed by atoms with van der Waals surface area (Å²) in [5.74, 6) is -1.46. The number of rotatable bonds is 5. The molecule has 0 aliphatic carbocycles. The number of urea groups is 1. The molecule has 0 saturated heterocycles. The lowest BCUT2D eigenvalue weighted by atomic mass is 10.2. The van der Waals surface area contributed by atoms with Crippen molar-refractivity contribution >= 4 is 11.7 Å². The molecule has 0 aliphatic rings. The van der Waals surface area contributed by atoms with Crippen LogP contribution in [0, 0.1) is 11.6 Å². The van der Waals surface area contributed by atoms with Gasteiger partial charge in [-0.1, -0.05) is 12.1 Å². The highest BCUT2D eigenvalue weighted by molar-refractivity contribution is 5.89. The van der Waals surface area contributed by atoms with Gasteiger partial charge in [0.1, 0.15) is 17.4 Å². The third kappa shape index (κ3) is 5.17. The van der Waals surface area contributed by atoms with Gasteiger partial charge in [-0.2, -0.15) is 8.78 Å². The number of benzene rings is 2. The highest BCUT2D eigenvalue weighted by Gasteiger charge is 2.08. The summed E-state index contributed by atoms with van der Waals surface area (Å²) in [4.78, 5) is 11.6. The van der Waals surface area contributed by atoms with Crippen molar-refractivity contribution in [1.82, 2.24) is 5.32 Å². The number of alkyl halides is 2. The molecule has 0 aliphatic heterocycles. The van der Waals surface area contributed by atoms with Gasteiger partial charge >= 0.3 is 12.6 Å². The molecule has 2 rings (SSSR count). The Morgan fingerprint density at radius 2 is 1.78 bits per heavy atom. The van der Waals surface area contributed by atoms with Crippen molar-refractivity contribution in [3.63, 3.8) is 0 Å². The lowest BCUT2D eigenvalue weighted by molar-refractivity contribution is -0.0498. The van der Waals surface area contributed by atoms with Crippen LogP contribution in [0.25, 0.3) is 0 Å². The molecule has 0 heterocycles. The van der Waals surface area contributed by atoms with Crippen LogP contribution in [0.3, 0.4) is 0 Å². The van der Waals surface area contributed by atoms with Crippen LogP contribution < -0.4 is 15.4 Å². The number of ether oxygens (including phenoxy) is 1. The summed E-state index contributed by atoms with van der Waals surface area (Å²) >= 11 is 0. The standard InChI is InChI=1S/C15H12F4N2O2/c16-10-3-6-12(17)13(7-10)21-15(22)20-8-9-1-4-11(5-2-9)23-14(18)19/h1-7,14H,8H2,(H2,20,21,22). The van der Waals surface area contributed by atoms with E-state index in [9.17, 15) is 22.4 Å². The van der Waals surface area contributed by atoms with E-state index in [4.69, 9.17) is 0 Å². The zero-order chi connectivity index (χ0) is 16.8. The van der Waals surface area contributed by atoms with Crippen molar-refractivity contribution in [3.05, 3.63) is 59.7 Å². The van der Waals surface area contributed by atoms with E-state index in [1.807, 2.05) is 0 Å². The van der Waals surface area contributed by atoms with Gasteiger partial charge in [0.2, 0.25) is 0 Å². The van der Waals surface area contributed by atoms with E-state index in [0.717, 1.165) is 18.2 Å². The number of hydrogen-bond donors (Lipinski definition) is 2. The van der Waals surface area contributed by atoms with Crippen molar-refractivity contribution < 1.29 is 27.1 Å². The second-order valence-electron chi connectivity index (χ2n) is 4.45. The molecule has 2 aromatic rings. The van der Waals surface area contributed by atoms with E-state index >= 15 is 0 Å². The van der Waals surface area contributed by atoms with Crippen LogP contribution >= 0.6 is 0 Å². The van der Waals surface area contributed by atoms with Crippen molar-refractivity contribution in [3.8, 4) is 5.75 Å². The predicted molar refractivity (Wildman–Crippen MR) is 75.3 cm³/mol. The zero-order valence-electron chi connectivity index (χ0n) is 11.7. The highest BCUT2D eigenvalue weighted by Crippen LogP contribution is 2.16. The SMILES string of the molecule is O=C(NCc1ccc(OC(F)F)cc1)Nc1cc(F)ccc1F. The third-order valence-electron chi connectivity index (χ3n) is 2.78. The summed E-state index contributed by atoms with van der Waals surface area (Å²) in [6.07, 6.45) is 0. The van der Waals surface area contributed by atoms with Crippen molar-refractivity contribution in [2.45, 2.75) is 13.2 Å². The average molecular weight is 328 g/mol. The first-order valence-electron chi connectivity index (χ1n) is 6.47. The maximum atomic E-state index is 13.4. The minimum absolute atomic E-state index is 0.00460. The van der Waals surface area contributed by atoms with Gasteiger partial charge in [-0.3, -0.25) is 0 Å². The van der Waals surface area contributed by atoms with E-state index in [-0.39, 0.29) is 18.0 Å². The van der Waals surface area contributed by atoms with Gasteiger partial charge in [0.25, 0.3) is 0 Å². The Labute approximate surface area is 129 Å². The van der Waals surface area contributed by atoms with Gasteiger partial charge in [-0.05, 0) is 29.8 Å². The zero-order valence-corrected chi connectivity index (χ0v) is 11.7. The van der Waals surface area contributed by atoms with Crippen LogP contribution in [0.15, 0.2) is 42.5 Å². The molecular weight excluding hydrogens is 316 g/mol. The molecule has 2 N–H and O–H groups in total. The number of carbonyl (C=O) groups is 1. The van der Waals surface area contributed by atoms with E-state index in [2.05, 4.69) is 15.4 Å². The number of carbonyl (C=O) groups excluding carboxylic acids is 1. The van der Waals surface area contributed by atoms with Crippen LogP contribution in [0.1, 0.15) is 5.56 Å². The maximum absolute atomic E-state index is 13.4. The Morgan fingerprint density at radius 1 is 1.09 bits per heavy atom. The number of nitrogens with one attached hydrogen (secondary N) is 2. The molecule has 8 heteroatoms. The van der Waals surface area contributed by atoms with E-state index in [1.165, 1.54) is 24.3 Å². The first-order chi connectivity index (χ1) is 10.9. The Kier molecular flexibility index (Phi) is 5.40. The van der Waals surface area contributed by atoms with Gasteiger partial charge in [0.05, 0.1) is 5.69 Å². The number of amides is 2. The summed E-state index contributed by atoms with van der Waals surface area (Å²) in [5, 5.41) is 4.60. The van der Waals surface area contributed by atoms with Crippen molar-refractivity contribution in [1.29, 1.82) is 0 Å².